The summed E-state index contributed by atoms with van der Waals surface area (Å²) >= 11 is 0. The van der Waals surface area contributed by atoms with Crippen molar-refractivity contribution >= 4 is 12.2 Å². The van der Waals surface area contributed by atoms with Gasteiger partial charge in [0, 0.05) is 26.8 Å². The third kappa shape index (κ3) is 3.38. The topological polar surface area (TPSA) is 50.5 Å². The molecule has 0 atom stereocenters. The number of aliphatic imine (C=N–C) groups is 1. The summed E-state index contributed by atoms with van der Waals surface area (Å²) in [6.45, 7) is 4.02. The second-order valence-electron chi connectivity index (χ2n) is 3.22. The van der Waals surface area contributed by atoms with Gasteiger partial charge in [-0.3, -0.25) is 4.57 Å². The predicted molar refractivity (Wildman–Crippen MR) is 60.5 cm³/mol. The van der Waals surface area contributed by atoms with E-state index in [2.05, 4.69) is 16.6 Å². The molecule has 0 bridgehead atoms. The van der Waals surface area contributed by atoms with Gasteiger partial charge in [-0.05, 0) is 6.07 Å². The zero-order valence-electron chi connectivity index (χ0n) is 8.92. The van der Waals surface area contributed by atoms with E-state index >= 15 is 0 Å². The molecule has 0 aliphatic carbocycles. The highest BCUT2D eigenvalue weighted by Crippen LogP contribution is 2.01. The van der Waals surface area contributed by atoms with Crippen molar-refractivity contribution in [1.29, 1.82) is 0 Å². The minimum absolute atomic E-state index is 0.316. The van der Waals surface area contributed by atoms with E-state index in [1.54, 1.807) is 29.6 Å². The molecule has 5 heteroatoms. The molecule has 1 rings (SSSR count). The normalized spacial score (nSPS) is 10.5. The molecule has 5 nitrogen and oxygen atoms in total. The van der Waals surface area contributed by atoms with Gasteiger partial charge in [0.25, 0.3) is 0 Å². The molecule has 0 aliphatic heterocycles. The Labute approximate surface area is 88.4 Å². The molecule has 15 heavy (non-hydrogen) atoms. The fourth-order valence-electron chi connectivity index (χ4n) is 0.944. The van der Waals surface area contributed by atoms with Crippen LogP contribution in [0.3, 0.4) is 0 Å². The molecule has 1 aromatic heterocycles. The van der Waals surface area contributed by atoms with Crippen LogP contribution in [0.4, 0.5) is 5.82 Å². The van der Waals surface area contributed by atoms with E-state index in [0.717, 1.165) is 0 Å². The Hall–Kier alpha value is -1.91. The lowest BCUT2D eigenvalue weighted by molar-refractivity contribution is 0.642. The van der Waals surface area contributed by atoms with Crippen LogP contribution in [0.25, 0.3) is 0 Å². The molecule has 0 aliphatic rings. The van der Waals surface area contributed by atoms with Crippen molar-refractivity contribution in [2.45, 2.75) is 6.54 Å². The van der Waals surface area contributed by atoms with Gasteiger partial charge in [-0.15, -0.1) is 6.58 Å². The van der Waals surface area contributed by atoms with Crippen LogP contribution in [0.2, 0.25) is 0 Å². The second-order valence-corrected chi connectivity index (χ2v) is 3.22. The summed E-state index contributed by atoms with van der Waals surface area (Å²) in [6.07, 6.45) is 4.89. The van der Waals surface area contributed by atoms with Crippen molar-refractivity contribution in [3.63, 3.8) is 0 Å². The van der Waals surface area contributed by atoms with Gasteiger partial charge in [0.05, 0.1) is 6.34 Å². The number of aromatic nitrogens is 2. The van der Waals surface area contributed by atoms with Crippen molar-refractivity contribution in [2.24, 2.45) is 4.99 Å². The van der Waals surface area contributed by atoms with Crippen LogP contribution in [0, 0.1) is 0 Å². The van der Waals surface area contributed by atoms with E-state index in [0.29, 0.717) is 12.4 Å². The van der Waals surface area contributed by atoms with Crippen LogP contribution in [0.15, 0.2) is 34.7 Å². The highest BCUT2D eigenvalue weighted by molar-refractivity contribution is 5.58. The van der Waals surface area contributed by atoms with Gasteiger partial charge in [-0.25, -0.2) is 9.79 Å². The molecule has 0 saturated carbocycles. The van der Waals surface area contributed by atoms with Crippen LogP contribution >= 0.6 is 0 Å². The van der Waals surface area contributed by atoms with Gasteiger partial charge < -0.3 is 4.90 Å². The monoisotopic (exact) mass is 206 g/mol. The maximum absolute atomic E-state index is 11.4. The highest BCUT2D eigenvalue weighted by atomic mass is 16.1. The van der Waals surface area contributed by atoms with Gasteiger partial charge >= 0.3 is 5.69 Å². The van der Waals surface area contributed by atoms with E-state index in [1.165, 1.54) is 4.57 Å². The first-order chi connectivity index (χ1) is 7.13. The standard InChI is InChI=1S/C10H14N4O/c1-4-6-14-7-5-9(12-10(14)15)11-8-13(2)3/h4-5,7-8H,1,6H2,2-3H3. The quantitative estimate of drug-likeness (QED) is 0.413. The smallest absolute Gasteiger partial charge is 0.349 e. The Balaban J connectivity index is 2.91. The molecule has 0 fully saturated rings. The van der Waals surface area contributed by atoms with Crippen LogP contribution in [-0.2, 0) is 6.54 Å². The van der Waals surface area contributed by atoms with E-state index in [-0.39, 0.29) is 5.69 Å². The van der Waals surface area contributed by atoms with Crippen LogP contribution < -0.4 is 5.69 Å². The van der Waals surface area contributed by atoms with Gasteiger partial charge in [0.1, 0.15) is 0 Å². The Morgan fingerprint density at radius 2 is 2.40 bits per heavy atom. The van der Waals surface area contributed by atoms with E-state index < -0.39 is 0 Å². The molecule has 0 amide bonds. The molecule has 1 aromatic rings. The Bertz CT molecular complexity index is 420. The largest absolute Gasteiger partial charge is 0.369 e. The first kappa shape index (κ1) is 11.2. The first-order valence-electron chi connectivity index (χ1n) is 4.52. The summed E-state index contributed by atoms with van der Waals surface area (Å²) in [5.74, 6) is 0.411. The minimum Gasteiger partial charge on any atom is -0.369 e. The lowest BCUT2D eigenvalue weighted by atomic mass is 10.5. The van der Waals surface area contributed by atoms with Gasteiger partial charge in [0.15, 0.2) is 5.82 Å². The molecule has 0 saturated heterocycles. The van der Waals surface area contributed by atoms with Gasteiger partial charge in [-0.2, -0.15) is 4.98 Å². The minimum atomic E-state index is -0.316. The Morgan fingerprint density at radius 3 is 2.93 bits per heavy atom. The molecular weight excluding hydrogens is 192 g/mol. The first-order valence-corrected chi connectivity index (χ1v) is 4.52. The average Bonchev–Trinajstić information content (AvgIpc) is 2.19. The molecule has 0 N–H and O–H groups in total. The fourth-order valence-corrected chi connectivity index (χ4v) is 0.944. The van der Waals surface area contributed by atoms with Crippen LogP contribution in [-0.4, -0.2) is 34.9 Å². The van der Waals surface area contributed by atoms with Crippen molar-refractivity contribution < 1.29 is 0 Å². The van der Waals surface area contributed by atoms with E-state index in [9.17, 15) is 4.79 Å². The van der Waals surface area contributed by atoms with Crippen molar-refractivity contribution in [3.05, 3.63) is 35.4 Å². The number of rotatable bonds is 4. The maximum Gasteiger partial charge on any atom is 0.349 e. The number of allylic oxidation sites excluding steroid dienone is 1. The second kappa shape index (κ2) is 5.09. The van der Waals surface area contributed by atoms with Crippen LogP contribution in [0.1, 0.15) is 0 Å². The molecule has 0 radical (unpaired) electrons. The molecule has 1 heterocycles. The van der Waals surface area contributed by atoms with Crippen molar-refractivity contribution in [1.82, 2.24) is 14.5 Å². The highest BCUT2D eigenvalue weighted by Gasteiger charge is 1.96. The molecule has 0 aromatic carbocycles. The van der Waals surface area contributed by atoms with Crippen LogP contribution in [0.5, 0.6) is 0 Å². The molecular formula is C10H14N4O. The summed E-state index contributed by atoms with van der Waals surface area (Å²) in [5.41, 5.74) is -0.316. The maximum atomic E-state index is 11.4. The predicted octanol–water partition coefficient (Wildman–Crippen LogP) is 0.651. The number of hydrogen-bond acceptors (Lipinski definition) is 3. The summed E-state index contributed by atoms with van der Waals surface area (Å²) in [7, 11) is 3.70. The molecule has 80 valence electrons. The lowest BCUT2D eigenvalue weighted by Crippen LogP contribution is -2.21. The SMILES string of the molecule is C=CCn1ccc(N=CN(C)C)nc1=O. The third-order valence-electron chi connectivity index (χ3n) is 1.61. The Morgan fingerprint density at radius 1 is 1.67 bits per heavy atom. The fraction of sp³-hybridized carbons (Fsp3) is 0.300. The zero-order chi connectivity index (χ0) is 11.3. The van der Waals surface area contributed by atoms with E-state index in [4.69, 9.17) is 0 Å². The van der Waals surface area contributed by atoms with Gasteiger partial charge in [-0.1, -0.05) is 6.08 Å². The van der Waals surface area contributed by atoms with E-state index in [1.807, 2.05) is 14.1 Å². The summed E-state index contributed by atoms with van der Waals surface area (Å²) in [6, 6.07) is 1.69. The molecule has 0 unspecified atom stereocenters. The zero-order valence-corrected chi connectivity index (χ0v) is 8.92. The van der Waals surface area contributed by atoms with Crippen molar-refractivity contribution in [2.75, 3.05) is 14.1 Å². The summed E-state index contributed by atoms with van der Waals surface area (Å²) in [5, 5.41) is 0. The third-order valence-corrected chi connectivity index (χ3v) is 1.61. The number of hydrogen-bond donors (Lipinski definition) is 0. The summed E-state index contributed by atoms with van der Waals surface area (Å²) in [4.78, 5) is 21.0. The number of nitrogens with zero attached hydrogens (tertiary/aromatic N) is 4. The van der Waals surface area contributed by atoms with Crippen molar-refractivity contribution in [3.8, 4) is 0 Å². The molecule has 0 spiro atoms. The Kier molecular flexibility index (Phi) is 3.79. The van der Waals surface area contributed by atoms with Gasteiger partial charge in [0.2, 0.25) is 0 Å². The summed E-state index contributed by atoms with van der Waals surface area (Å²) < 4.78 is 1.46. The lowest BCUT2D eigenvalue weighted by Gasteiger charge is -2.03. The average molecular weight is 206 g/mol.